The Hall–Kier alpha value is -3.73. The number of carbonyl (C=O) groups is 1. The lowest BCUT2D eigenvalue weighted by atomic mass is 10.2. The number of amides is 1. The molecule has 1 heterocycles. The van der Waals surface area contributed by atoms with E-state index in [0.29, 0.717) is 21.8 Å². The molecule has 3 aromatic rings. The van der Waals surface area contributed by atoms with Gasteiger partial charge >= 0.3 is 5.69 Å². The maximum atomic E-state index is 12.3. The van der Waals surface area contributed by atoms with Crippen molar-refractivity contribution in [1.82, 2.24) is 10.4 Å². The number of nitrogen functional groups attached to an aromatic ring is 1. The van der Waals surface area contributed by atoms with E-state index < -0.39 is 10.8 Å². The van der Waals surface area contributed by atoms with Crippen LogP contribution >= 0.6 is 11.3 Å². The lowest BCUT2D eigenvalue weighted by Gasteiger charge is -2.08. The van der Waals surface area contributed by atoms with Gasteiger partial charge in [-0.05, 0) is 24.3 Å². The van der Waals surface area contributed by atoms with Crippen molar-refractivity contribution in [2.45, 2.75) is 0 Å². The first-order valence-corrected chi connectivity index (χ1v) is 8.64. The van der Waals surface area contributed by atoms with Gasteiger partial charge in [-0.1, -0.05) is 11.3 Å². The molecule has 0 aliphatic heterocycles. The fraction of sp³-hybridized carbons (Fsp3) is 0.118. The van der Waals surface area contributed by atoms with Gasteiger partial charge in [0.05, 0.1) is 35.6 Å². The molecule has 2 aromatic carbocycles. The number of nitrogens with two attached hydrogens (primary N) is 1. The van der Waals surface area contributed by atoms with Crippen LogP contribution in [-0.2, 0) is 0 Å². The average Bonchev–Trinajstić information content (AvgIpc) is 3.06. The summed E-state index contributed by atoms with van der Waals surface area (Å²) in [5.41, 5.74) is 9.20. The molecule has 0 aliphatic carbocycles. The fourth-order valence-corrected chi connectivity index (χ4v) is 3.26. The van der Waals surface area contributed by atoms with Crippen molar-refractivity contribution in [3.63, 3.8) is 0 Å². The number of hydrazone groups is 1. The molecule has 0 unspecified atom stereocenters. The van der Waals surface area contributed by atoms with Crippen molar-refractivity contribution >= 4 is 44.5 Å². The van der Waals surface area contributed by atoms with Crippen LogP contribution in [0.4, 0.5) is 10.8 Å². The Morgan fingerprint density at radius 1 is 1.32 bits per heavy atom. The molecule has 0 fully saturated rings. The lowest BCUT2D eigenvalue weighted by molar-refractivity contribution is -0.385. The van der Waals surface area contributed by atoms with Gasteiger partial charge in [0.25, 0.3) is 5.91 Å². The minimum Gasteiger partial charge on any atom is -0.493 e. The van der Waals surface area contributed by atoms with Gasteiger partial charge < -0.3 is 15.2 Å². The highest BCUT2D eigenvalue weighted by Crippen LogP contribution is 2.37. The molecule has 0 saturated carbocycles. The molecule has 1 amide bonds. The van der Waals surface area contributed by atoms with Crippen LogP contribution < -0.4 is 20.6 Å². The summed E-state index contributed by atoms with van der Waals surface area (Å²) >= 11 is 1.27. The molecular weight excluding hydrogens is 386 g/mol. The van der Waals surface area contributed by atoms with Gasteiger partial charge in [0.15, 0.2) is 10.9 Å². The summed E-state index contributed by atoms with van der Waals surface area (Å²) < 4.78 is 10.9. The number of nitrogens with zero attached hydrogens (tertiary/aromatic N) is 3. The van der Waals surface area contributed by atoms with Gasteiger partial charge in [-0.25, -0.2) is 10.4 Å². The first kappa shape index (κ1) is 19.0. The average molecular weight is 401 g/mol. The highest BCUT2D eigenvalue weighted by molar-refractivity contribution is 7.22. The second-order valence-electron chi connectivity index (χ2n) is 5.47. The molecule has 0 saturated heterocycles. The smallest absolute Gasteiger partial charge is 0.315 e. The normalized spacial score (nSPS) is 10.9. The molecule has 1 aromatic heterocycles. The second-order valence-corrected chi connectivity index (χ2v) is 6.53. The van der Waals surface area contributed by atoms with Crippen LogP contribution in [0, 0.1) is 10.1 Å². The van der Waals surface area contributed by atoms with Crippen LogP contribution in [0.1, 0.15) is 15.9 Å². The van der Waals surface area contributed by atoms with Gasteiger partial charge in [0.2, 0.25) is 5.75 Å². The standard InChI is InChI=1S/C17H15N5O5S/c1-26-13-6-9(5-12(22(24)25)15(13)27-2)8-19-21-16(23)10-3-4-11-14(7-10)28-17(18)20-11/h3-8H,1-2H3,(H2,18,20)(H,21,23)/b19-8-. The van der Waals surface area contributed by atoms with Crippen LogP contribution in [0.2, 0.25) is 0 Å². The van der Waals surface area contributed by atoms with Crippen LogP contribution in [0.5, 0.6) is 11.5 Å². The Bertz CT molecular complexity index is 1090. The molecule has 0 aliphatic rings. The fourth-order valence-electron chi connectivity index (χ4n) is 2.49. The molecule has 0 radical (unpaired) electrons. The molecule has 0 bridgehead atoms. The monoisotopic (exact) mass is 401 g/mol. The highest BCUT2D eigenvalue weighted by Gasteiger charge is 2.21. The third-order valence-corrected chi connectivity index (χ3v) is 4.57. The van der Waals surface area contributed by atoms with Crippen molar-refractivity contribution in [1.29, 1.82) is 0 Å². The molecule has 144 valence electrons. The summed E-state index contributed by atoms with van der Waals surface area (Å²) in [5, 5.41) is 15.5. The number of ether oxygens (including phenoxy) is 2. The zero-order valence-corrected chi connectivity index (χ0v) is 15.6. The Morgan fingerprint density at radius 2 is 2.11 bits per heavy atom. The Labute approximate surface area is 162 Å². The molecule has 0 atom stereocenters. The van der Waals surface area contributed by atoms with Gasteiger partial charge in [0.1, 0.15) is 0 Å². The van der Waals surface area contributed by atoms with E-state index >= 15 is 0 Å². The predicted molar refractivity (Wildman–Crippen MR) is 105 cm³/mol. The third kappa shape index (κ3) is 3.83. The topological polar surface area (TPSA) is 142 Å². The number of carbonyl (C=O) groups excluding carboxylic acids is 1. The van der Waals surface area contributed by atoms with E-state index in [0.717, 1.165) is 4.70 Å². The van der Waals surface area contributed by atoms with Gasteiger partial charge in [-0.3, -0.25) is 14.9 Å². The lowest BCUT2D eigenvalue weighted by Crippen LogP contribution is -2.17. The summed E-state index contributed by atoms with van der Waals surface area (Å²) in [6, 6.07) is 7.73. The molecule has 10 nitrogen and oxygen atoms in total. The molecule has 11 heteroatoms. The van der Waals surface area contributed by atoms with E-state index in [1.807, 2.05) is 0 Å². The summed E-state index contributed by atoms with van der Waals surface area (Å²) in [7, 11) is 2.68. The zero-order chi connectivity index (χ0) is 20.3. The maximum Gasteiger partial charge on any atom is 0.315 e. The molecule has 3 N–H and O–H groups in total. The number of anilines is 1. The van der Waals surface area contributed by atoms with E-state index in [2.05, 4.69) is 15.5 Å². The number of hydrogen-bond donors (Lipinski definition) is 2. The van der Waals surface area contributed by atoms with Crippen LogP contribution in [0.3, 0.4) is 0 Å². The number of nitrogens with one attached hydrogen (secondary N) is 1. The molecule has 3 rings (SSSR count). The van der Waals surface area contributed by atoms with Crippen molar-refractivity contribution in [3.05, 3.63) is 51.6 Å². The third-order valence-electron chi connectivity index (χ3n) is 3.73. The number of nitro benzene ring substituents is 1. The quantitative estimate of drug-likeness (QED) is 0.367. The Balaban J connectivity index is 1.80. The van der Waals surface area contributed by atoms with E-state index in [1.54, 1.807) is 18.2 Å². The number of benzene rings is 2. The number of rotatable bonds is 6. The van der Waals surface area contributed by atoms with Gasteiger partial charge in [-0.15, -0.1) is 0 Å². The summed E-state index contributed by atoms with van der Waals surface area (Å²) in [5.74, 6) is -0.261. The van der Waals surface area contributed by atoms with E-state index in [-0.39, 0.29) is 17.2 Å². The minimum absolute atomic E-state index is 0.00539. The SMILES string of the molecule is COc1cc(/C=N\NC(=O)c2ccc3nc(N)sc3c2)cc([N+](=O)[O-])c1OC. The maximum absolute atomic E-state index is 12.3. The Kier molecular flexibility index (Phi) is 5.36. The van der Waals surface area contributed by atoms with Crippen molar-refractivity contribution < 1.29 is 19.2 Å². The predicted octanol–water partition coefficient (Wildman–Crippen LogP) is 2.57. The largest absolute Gasteiger partial charge is 0.493 e. The number of aromatic nitrogens is 1. The van der Waals surface area contributed by atoms with Crippen molar-refractivity contribution in [2.75, 3.05) is 20.0 Å². The summed E-state index contributed by atoms with van der Waals surface area (Å²) in [6.07, 6.45) is 1.27. The first-order valence-electron chi connectivity index (χ1n) is 7.82. The Morgan fingerprint density at radius 3 is 2.79 bits per heavy atom. The number of methoxy groups -OCH3 is 2. The highest BCUT2D eigenvalue weighted by atomic mass is 32.1. The van der Waals surface area contributed by atoms with Crippen LogP contribution in [-0.4, -0.2) is 36.2 Å². The second kappa shape index (κ2) is 7.88. The van der Waals surface area contributed by atoms with E-state index in [1.165, 1.54) is 43.9 Å². The van der Waals surface area contributed by atoms with E-state index in [4.69, 9.17) is 15.2 Å². The number of fused-ring (bicyclic) bond motifs is 1. The minimum atomic E-state index is -0.590. The zero-order valence-electron chi connectivity index (χ0n) is 14.8. The summed E-state index contributed by atoms with van der Waals surface area (Å²) in [4.78, 5) is 27.0. The summed E-state index contributed by atoms with van der Waals surface area (Å²) in [6.45, 7) is 0. The number of hydrogen-bond acceptors (Lipinski definition) is 9. The molecule has 28 heavy (non-hydrogen) atoms. The number of nitro groups is 1. The van der Waals surface area contributed by atoms with E-state index in [9.17, 15) is 14.9 Å². The number of thiazole rings is 1. The first-order chi connectivity index (χ1) is 13.4. The van der Waals surface area contributed by atoms with Gasteiger partial charge in [-0.2, -0.15) is 5.10 Å². The van der Waals surface area contributed by atoms with Crippen LogP contribution in [0.25, 0.3) is 10.2 Å². The van der Waals surface area contributed by atoms with Crippen molar-refractivity contribution in [2.24, 2.45) is 5.10 Å². The van der Waals surface area contributed by atoms with Crippen molar-refractivity contribution in [3.8, 4) is 11.5 Å². The molecular formula is C17H15N5O5S. The molecule has 0 spiro atoms. The van der Waals surface area contributed by atoms with Crippen LogP contribution in [0.15, 0.2) is 35.4 Å². The van der Waals surface area contributed by atoms with Gasteiger partial charge in [0, 0.05) is 17.2 Å².